The summed E-state index contributed by atoms with van der Waals surface area (Å²) in [6.07, 6.45) is 0. The molecule has 32 heavy (non-hydrogen) atoms. The number of amides is 3. The van der Waals surface area contributed by atoms with Crippen molar-refractivity contribution < 1.29 is 14.4 Å². The number of carbonyl (C=O) groups is 3. The molecular formula is C24H22N4O3S. The molecule has 0 aliphatic rings. The van der Waals surface area contributed by atoms with E-state index < -0.39 is 11.8 Å². The van der Waals surface area contributed by atoms with E-state index in [9.17, 15) is 14.4 Å². The first kappa shape index (κ1) is 22.6. The van der Waals surface area contributed by atoms with E-state index in [0.29, 0.717) is 11.3 Å². The molecule has 0 aromatic heterocycles. The van der Waals surface area contributed by atoms with E-state index in [1.54, 1.807) is 24.3 Å². The quantitative estimate of drug-likeness (QED) is 0.357. The van der Waals surface area contributed by atoms with Crippen LogP contribution in [0.15, 0.2) is 84.9 Å². The molecule has 3 aromatic carbocycles. The van der Waals surface area contributed by atoms with Gasteiger partial charge < -0.3 is 10.6 Å². The van der Waals surface area contributed by atoms with Gasteiger partial charge in [-0.1, -0.05) is 60.7 Å². The Labute approximate surface area is 191 Å². The van der Waals surface area contributed by atoms with Crippen molar-refractivity contribution in [2.45, 2.75) is 12.8 Å². The van der Waals surface area contributed by atoms with Crippen LogP contribution in [0.1, 0.15) is 34.3 Å². The molecule has 4 N–H and O–H groups in total. The molecule has 0 radical (unpaired) electrons. The van der Waals surface area contributed by atoms with Crippen LogP contribution >= 0.6 is 12.2 Å². The monoisotopic (exact) mass is 446 g/mol. The predicted molar refractivity (Wildman–Crippen MR) is 127 cm³/mol. The van der Waals surface area contributed by atoms with Crippen molar-refractivity contribution in [1.29, 1.82) is 0 Å². The van der Waals surface area contributed by atoms with Crippen LogP contribution in [0.5, 0.6) is 0 Å². The number of rotatable bonds is 5. The molecular weight excluding hydrogens is 424 g/mol. The van der Waals surface area contributed by atoms with E-state index in [0.717, 1.165) is 11.1 Å². The molecule has 0 fully saturated rings. The van der Waals surface area contributed by atoms with Gasteiger partial charge in [-0.25, -0.2) is 0 Å². The summed E-state index contributed by atoms with van der Waals surface area (Å²) < 4.78 is 0. The minimum Gasteiger partial charge on any atom is -0.326 e. The lowest BCUT2D eigenvalue weighted by Crippen LogP contribution is -2.49. The van der Waals surface area contributed by atoms with Gasteiger partial charge in [0.05, 0.1) is 5.92 Å². The normalized spacial score (nSPS) is 10.2. The van der Waals surface area contributed by atoms with E-state index in [1.165, 1.54) is 6.92 Å². The summed E-state index contributed by atoms with van der Waals surface area (Å²) in [6.45, 7) is 1.40. The van der Waals surface area contributed by atoms with Crippen molar-refractivity contribution >= 4 is 40.7 Å². The third kappa shape index (κ3) is 6.23. The molecule has 0 saturated carbocycles. The van der Waals surface area contributed by atoms with Crippen LogP contribution < -0.4 is 21.5 Å². The Morgan fingerprint density at radius 1 is 0.750 bits per heavy atom. The van der Waals surface area contributed by atoms with Gasteiger partial charge >= 0.3 is 0 Å². The second-order valence-electron chi connectivity index (χ2n) is 6.91. The lowest BCUT2D eigenvalue weighted by molar-refractivity contribution is -0.120. The zero-order chi connectivity index (χ0) is 22.9. The van der Waals surface area contributed by atoms with Crippen LogP contribution in [0.4, 0.5) is 5.69 Å². The number of nitrogens with one attached hydrogen (secondary N) is 4. The molecule has 0 unspecified atom stereocenters. The average Bonchev–Trinajstić information content (AvgIpc) is 2.79. The number of thiocarbonyl (C=S) groups is 1. The maximum Gasteiger partial charge on any atom is 0.269 e. The van der Waals surface area contributed by atoms with Gasteiger partial charge in [-0.15, -0.1) is 0 Å². The largest absolute Gasteiger partial charge is 0.326 e. The molecule has 0 aliphatic carbocycles. The van der Waals surface area contributed by atoms with Gasteiger partial charge in [0.15, 0.2) is 5.11 Å². The van der Waals surface area contributed by atoms with E-state index in [2.05, 4.69) is 21.5 Å². The highest BCUT2D eigenvalue weighted by Crippen LogP contribution is 2.24. The van der Waals surface area contributed by atoms with Crippen molar-refractivity contribution in [1.82, 2.24) is 16.2 Å². The van der Waals surface area contributed by atoms with Crippen molar-refractivity contribution in [2.24, 2.45) is 0 Å². The van der Waals surface area contributed by atoms with Gasteiger partial charge in [0.1, 0.15) is 0 Å². The molecule has 0 bridgehead atoms. The third-order valence-electron chi connectivity index (χ3n) is 4.52. The SMILES string of the molecule is CC(=O)Nc1ccc(C(=O)NNC(=S)NC(=O)C(c2ccccc2)c2ccccc2)cc1. The topological polar surface area (TPSA) is 99.3 Å². The van der Waals surface area contributed by atoms with Crippen molar-refractivity contribution in [3.05, 3.63) is 102 Å². The van der Waals surface area contributed by atoms with E-state index in [1.807, 2.05) is 60.7 Å². The van der Waals surface area contributed by atoms with E-state index in [4.69, 9.17) is 12.2 Å². The molecule has 0 saturated heterocycles. The number of hydrazine groups is 1. The lowest BCUT2D eigenvalue weighted by Gasteiger charge is -2.19. The molecule has 3 rings (SSSR count). The fourth-order valence-corrected chi connectivity index (χ4v) is 3.25. The van der Waals surface area contributed by atoms with Crippen LogP contribution in [-0.2, 0) is 9.59 Å². The smallest absolute Gasteiger partial charge is 0.269 e. The Morgan fingerprint density at radius 2 is 1.28 bits per heavy atom. The lowest BCUT2D eigenvalue weighted by atomic mass is 9.90. The summed E-state index contributed by atoms with van der Waals surface area (Å²) in [5.41, 5.74) is 7.58. The Morgan fingerprint density at radius 3 is 1.78 bits per heavy atom. The molecule has 8 heteroatoms. The maximum atomic E-state index is 13.0. The number of hydrogen-bond acceptors (Lipinski definition) is 4. The maximum absolute atomic E-state index is 13.0. The van der Waals surface area contributed by atoms with Crippen LogP contribution in [0, 0.1) is 0 Å². The summed E-state index contributed by atoms with van der Waals surface area (Å²) in [5.74, 6) is -1.53. The van der Waals surface area contributed by atoms with Gasteiger partial charge in [0.25, 0.3) is 5.91 Å². The molecule has 0 aliphatic heterocycles. The van der Waals surface area contributed by atoms with Crippen molar-refractivity contribution in [3.63, 3.8) is 0 Å². The number of carbonyl (C=O) groups excluding carboxylic acids is 3. The van der Waals surface area contributed by atoms with Gasteiger partial charge in [0, 0.05) is 18.2 Å². The molecule has 3 amide bonds. The average molecular weight is 447 g/mol. The van der Waals surface area contributed by atoms with Crippen LogP contribution in [0.2, 0.25) is 0 Å². The van der Waals surface area contributed by atoms with Gasteiger partial charge in [-0.3, -0.25) is 25.2 Å². The van der Waals surface area contributed by atoms with Crippen LogP contribution in [0.25, 0.3) is 0 Å². The Bertz CT molecular complexity index is 1060. The minimum absolute atomic E-state index is 0.0323. The number of benzene rings is 3. The third-order valence-corrected chi connectivity index (χ3v) is 4.73. The number of hydrogen-bond donors (Lipinski definition) is 4. The van der Waals surface area contributed by atoms with Crippen molar-refractivity contribution in [2.75, 3.05) is 5.32 Å². The van der Waals surface area contributed by atoms with Gasteiger partial charge in [-0.05, 0) is 47.6 Å². The van der Waals surface area contributed by atoms with Crippen LogP contribution in [-0.4, -0.2) is 22.8 Å². The van der Waals surface area contributed by atoms with E-state index >= 15 is 0 Å². The van der Waals surface area contributed by atoms with Gasteiger partial charge in [-0.2, -0.15) is 0 Å². The first-order valence-electron chi connectivity index (χ1n) is 9.83. The molecule has 162 valence electrons. The minimum atomic E-state index is -0.561. The summed E-state index contributed by atoms with van der Waals surface area (Å²) >= 11 is 5.18. The molecule has 3 aromatic rings. The highest BCUT2D eigenvalue weighted by Gasteiger charge is 2.23. The second-order valence-corrected chi connectivity index (χ2v) is 7.32. The highest BCUT2D eigenvalue weighted by atomic mass is 32.1. The second kappa shape index (κ2) is 10.8. The zero-order valence-corrected chi connectivity index (χ0v) is 18.1. The predicted octanol–water partition coefficient (Wildman–Crippen LogP) is 3.11. The fourth-order valence-electron chi connectivity index (χ4n) is 3.10. The standard InChI is InChI=1S/C24H22N4O3S/c1-16(29)25-20-14-12-19(13-15-20)22(30)27-28-24(32)26-23(31)21(17-8-4-2-5-9-17)18-10-6-3-7-11-18/h2-15,21H,1H3,(H,25,29)(H,27,30)(H2,26,28,31,32). The first-order chi connectivity index (χ1) is 15.4. The summed E-state index contributed by atoms with van der Waals surface area (Å²) in [4.78, 5) is 36.4. The van der Waals surface area contributed by atoms with Gasteiger partial charge in [0.2, 0.25) is 11.8 Å². The molecule has 0 atom stereocenters. The molecule has 7 nitrogen and oxygen atoms in total. The summed E-state index contributed by atoms with van der Waals surface area (Å²) in [7, 11) is 0. The first-order valence-corrected chi connectivity index (χ1v) is 10.2. The zero-order valence-electron chi connectivity index (χ0n) is 17.3. The summed E-state index contributed by atoms with van der Waals surface area (Å²) in [5, 5.41) is 5.23. The Kier molecular flexibility index (Phi) is 7.66. The fraction of sp³-hybridized carbons (Fsp3) is 0.0833. The summed E-state index contributed by atoms with van der Waals surface area (Å²) in [6, 6.07) is 25.1. The Balaban J connectivity index is 1.61. The Hall–Kier alpha value is -4.04. The molecule has 0 spiro atoms. The van der Waals surface area contributed by atoms with E-state index in [-0.39, 0.29) is 16.9 Å². The highest BCUT2D eigenvalue weighted by molar-refractivity contribution is 7.80. The van der Waals surface area contributed by atoms with Crippen LogP contribution in [0.3, 0.4) is 0 Å². The number of anilines is 1. The molecule has 0 heterocycles. The van der Waals surface area contributed by atoms with Crippen molar-refractivity contribution in [3.8, 4) is 0 Å².